The van der Waals surface area contributed by atoms with E-state index < -0.39 is 6.61 Å². The third-order valence-corrected chi connectivity index (χ3v) is 4.09. The summed E-state index contributed by atoms with van der Waals surface area (Å²) >= 11 is 0. The highest BCUT2D eigenvalue weighted by Crippen LogP contribution is 2.64. The van der Waals surface area contributed by atoms with Crippen molar-refractivity contribution in [3.63, 3.8) is 0 Å². The maximum atomic E-state index is 12.3. The normalized spacial score (nSPS) is 25.3. The smallest absolute Gasteiger partial charge is 0.387 e. The van der Waals surface area contributed by atoms with Crippen LogP contribution in [0.1, 0.15) is 30.9 Å². The Labute approximate surface area is 106 Å². The zero-order valence-corrected chi connectivity index (χ0v) is 10.9. The number of ether oxygens (including phenoxy) is 1. The summed E-state index contributed by atoms with van der Waals surface area (Å²) in [5, 5.41) is 0. The van der Waals surface area contributed by atoms with E-state index in [-0.39, 0.29) is 11.2 Å². The molecule has 1 saturated carbocycles. The second kappa shape index (κ2) is 4.50. The van der Waals surface area contributed by atoms with E-state index in [1.165, 1.54) is 0 Å². The largest absolute Gasteiger partial charge is 0.435 e. The van der Waals surface area contributed by atoms with E-state index in [2.05, 4.69) is 18.6 Å². The summed E-state index contributed by atoms with van der Waals surface area (Å²) in [6.45, 7) is 3.92. The highest BCUT2D eigenvalue weighted by molar-refractivity contribution is 5.42. The van der Waals surface area contributed by atoms with Gasteiger partial charge >= 0.3 is 6.61 Å². The van der Waals surface area contributed by atoms with Gasteiger partial charge in [0.25, 0.3) is 0 Å². The van der Waals surface area contributed by atoms with Crippen molar-refractivity contribution in [1.29, 1.82) is 0 Å². The van der Waals surface area contributed by atoms with E-state index in [9.17, 15) is 8.78 Å². The van der Waals surface area contributed by atoms with E-state index in [1.807, 2.05) is 12.1 Å². The van der Waals surface area contributed by atoms with Gasteiger partial charge in [0, 0.05) is 0 Å². The van der Waals surface area contributed by atoms with Crippen molar-refractivity contribution in [2.24, 2.45) is 17.1 Å². The van der Waals surface area contributed by atoms with Gasteiger partial charge in [-0.1, -0.05) is 26.0 Å². The minimum atomic E-state index is -2.78. The van der Waals surface area contributed by atoms with Crippen LogP contribution in [0, 0.1) is 18.3 Å². The number of alkyl halides is 2. The summed E-state index contributed by atoms with van der Waals surface area (Å²) in [4.78, 5) is 0. The zero-order chi connectivity index (χ0) is 13.5. The molecule has 0 bridgehead atoms. The Morgan fingerprint density at radius 2 is 2.06 bits per heavy atom. The Kier molecular flexibility index (Phi) is 3.32. The fraction of sp³-hybridized carbons (Fsp3) is 0.571. The van der Waals surface area contributed by atoms with Gasteiger partial charge in [-0.05, 0) is 47.9 Å². The van der Waals surface area contributed by atoms with Crippen molar-refractivity contribution in [3.05, 3.63) is 29.3 Å². The first kappa shape index (κ1) is 13.3. The summed E-state index contributed by atoms with van der Waals surface area (Å²) in [6.07, 6.45) is 0. The first-order valence-corrected chi connectivity index (χ1v) is 6.13. The third-order valence-electron chi connectivity index (χ3n) is 4.09. The number of halogens is 2. The van der Waals surface area contributed by atoms with Gasteiger partial charge in [0.15, 0.2) is 0 Å². The average molecular weight is 255 g/mol. The van der Waals surface area contributed by atoms with Crippen LogP contribution in [0.15, 0.2) is 18.2 Å². The van der Waals surface area contributed by atoms with Crippen LogP contribution in [0.3, 0.4) is 0 Å². The average Bonchev–Trinajstić information content (AvgIpc) is 2.83. The van der Waals surface area contributed by atoms with Crippen molar-refractivity contribution in [1.82, 2.24) is 0 Å². The Morgan fingerprint density at radius 1 is 1.39 bits per heavy atom. The van der Waals surface area contributed by atoms with E-state index in [0.717, 1.165) is 11.1 Å². The van der Waals surface area contributed by atoms with Crippen LogP contribution in [-0.2, 0) is 0 Å². The molecule has 2 rings (SSSR count). The fourth-order valence-electron chi connectivity index (χ4n) is 2.88. The van der Waals surface area contributed by atoms with Crippen LogP contribution in [0.4, 0.5) is 8.78 Å². The van der Waals surface area contributed by atoms with Crippen LogP contribution in [0.2, 0.25) is 0 Å². The molecule has 1 aromatic rings. The SMILES string of the molecule is Cc1ccc([C@H]2[C@H](CN)C2(C)C)cc1OC(F)F. The van der Waals surface area contributed by atoms with Crippen molar-refractivity contribution < 1.29 is 13.5 Å². The molecular weight excluding hydrogens is 236 g/mol. The molecule has 2 atom stereocenters. The van der Waals surface area contributed by atoms with Gasteiger partial charge in [0.05, 0.1) is 0 Å². The summed E-state index contributed by atoms with van der Waals surface area (Å²) in [6, 6.07) is 5.54. The van der Waals surface area contributed by atoms with E-state index in [4.69, 9.17) is 5.73 Å². The van der Waals surface area contributed by atoms with E-state index in [1.54, 1.807) is 13.0 Å². The van der Waals surface area contributed by atoms with Crippen molar-refractivity contribution in [2.75, 3.05) is 6.54 Å². The molecule has 0 amide bonds. The number of benzene rings is 1. The van der Waals surface area contributed by atoms with Crippen molar-refractivity contribution in [2.45, 2.75) is 33.3 Å². The second-order valence-electron chi connectivity index (χ2n) is 5.54. The van der Waals surface area contributed by atoms with Crippen LogP contribution >= 0.6 is 0 Å². The molecule has 0 heterocycles. The summed E-state index contributed by atoms with van der Waals surface area (Å²) in [7, 11) is 0. The van der Waals surface area contributed by atoms with Crippen LogP contribution < -0.4 is 10.5 Å². The van der Waals surface area contributed by atoms with Crippen molar-refractivity contribution in [3.8, 4) is 5.75 Å². The molecule has 4 heteroatoms. The fourth-order valence-corrected chi connectivity index (χ4v) is 2.88. The molecule has 0 radical (unpaired) electrons. The zero-order valence-electron chi connectivity index (χ0n) is 10.9. The van der Waals surface area contributed by atoms with E-state index >= 15 is 0 Å². The molecule has 1 aliphatic carbocycles. The van der Waals surface area contributed by atoms with Crippen LogP contribution in [0.5, 0.6) is 5.75 Å². The van der Waals surface area contributed by atoms with Gasteiger partial charge < -0.3 is 10.5 Å². The predicted molar refractivity (Wildman–Crippen MR) is 66.9 cm³/mol. The molecule has 0 spiro atoms. The van der Waals surface area contributed by atoms with Crippen LogP contribution in [0.25, 0.3) is 0 Å². The molecule has 1 aliphatic rings. The second-order valence-corrected chi connectivity index (χ2v) is 5.54. The lowest BCUT2D eigenvalue weighted by Gasteiger charge is -2.10. The van der Waals surface area contributed by atoms with Gasteiger partial charge in [-0.25, -0.2) is 0 Å². The Bertz CT molecular complexity index is 445. The summed E-state index contributed by atoms with van der Waals surface area (Å²) in [5.41, 5.74) is 7.64. The minimum absolute atomic E-state index is 0.145. The maximum Gasteiger partial charge on any atom is 0.387 e. The molecule has 1 fully saturated rings. The third kappa shape index (κ3) is 2.21. The van der Waals surface area contributed by atoms with Gasteiger partial charge in [-0.2, -0.15) is 8.78 Å². The predicted octanol–water partition coefficient (Wildman–Crippen LogP) is 3.29. The van der Waals surface area contributed by atoms with Gasteiger partial charge in [0.1, 0.15) is 5.75 Å². The molecule has 0 unspecified atom stereocenters. The molecule has 0 saturated heterocycles. The van der Waals surface area contributed by atoms with Crippen molar-refractivity contribution >= 4 is 0 Å². The number of hydrogen-bond donors (Lipinski definition) is 1. The summed E-state index contributed by atoms with van der Waals surface area (Å²) in [5.74, 6) is 1.02. The molecule has 0 aliphatic heterocycles. The lowest BCUT2D eigenvalue weighted by atomic mass is 10.0. The number of hydrogen-bond acceptors (Lipinski definition) is 2. The first-order valence-electron chi connectivity index (χ1n) is 6.13. The number of rotatable bonds is 4. The molecule has 1 aromatic carbocycles. The topological polar surface area (TPSA) is 35.2 Å². The number of aryl methyl sites for hydroxylation is 1. The maximum absolute atomic E-state index is 12.3. The Balaban J connectivity index is 2.26. The van der Waals surface area contributed by atoms with Gasteiger partial charge in [-0.15, -0.1) is 0 Å². The molecular formula is C14H19F2NO. The van der Waals surface area contributed by atoms with Gasteiger partial charge in [-0.3, -0.25) is 0 Å². The Morgan fingerprint density at radius 3 is 2.56 bits per heavy atom. The number of nitrogens with two attached hydrogens (primary N) is 1. The molecule has 18 heavy (non-hydrogen) atoms. The summed E-state index contributed by atoms with van der Waals surface area (Å²) < 4.78 is 29.1. The highest BCUT2D eigenvalue weighted by atomic mass is 19.3. The molecule has 2 nitrogen and oxygen atoms in total. The monoisotopic (exact) mass is 255 g/mol. The van der Waals surface area contributed by atoms with E-state index in [0.29, 0.717) is 18.4 Å². The van der Waals surface area contributed by atoms with Crippen LogP contribution in [-0.4, -0.2) is 13.2 Å². The minimum Gasteiger partial charge on any atom is -0.435 e. The lowest BCUT2D eigenvalue weighted by molar-refractivity contribution is -0.0503. The highest BCUT2D eigenvalue weighted by Gasteiger charge is 2.57. The molecule has 100 valence electrons. The first-order chi connectivity index (χ1) is 8.37. The molecule has 0 aromatic heterocycles. The Hall–Kier alpha value is -1.16. The lowest BCUT2D eigenvalue weighted by Crippen LogP contribution is -2.05. The molecule has 2 N–H and O–H groups in total. The standard InChI is InChI=1S/C14H19F2NO/c1-8-4-5-9(6-11(8)18-13(15)16)12-10(7-17)14(12,2)3/h4-6,10,12-13H,7,17H2,1-3H3/t10-,12-/m0/s1. The quantitative estimate of drug-likeness (QED) is 0.896. The van der Waals surface area contributed by atoms with Gasteiger partial charge in [0.2, 0.25) is 0 Å².